The van der Waals surface area contributed by atoms with Crippen molar-refractivity contribution in [3.8, 4) is 5.75 Å². The Morgan fingerprint density at radius 3 is 2.73 bits per heavy atom. The maximum absolute atomic E-state index is 5.54. The van der Waals surface area contributed by atoms with Crippen molar-refractivity contribution in [1.29, 1.82) is 0 Å². The fourth-order valence-corrected chi connectivity index (χ4v) is 1.67. The molecule has 4 heteroatoms. The molecule has 1 aromatic carbocycles. The highest BCUT2D eigenvalue weighted by atomic mass is 16.5. The lowest BCUT2D eigenvalue weighted by Crippen LogP contribution is -2.36. The van der Waals surface area contributed by atoms with E-state index in [1.807, 2.05) is 12.1 Å². The minimum absolute atomic E-state index is 0.332. The monoisotopic (exact) mass is 205 g/mol. The molecule has 0 aliphatic carbocycles. The van der Waals surface area contributed by atoms with Gasteiger partial charge in [-0.15, -0.1) is 0 Å². The van der Waals surface area contributed by atoms with Crippen molar-refractivity contribution in [2.24, 2.45) is 10.7 Å². The molecule has 0 radical (unpaired) electrons. The van der Waals surface area contributed by atoms with Crippen molar-refractivity contribution in [1.82, 2.24) is 5.32 Å². The van der Waals surface area contributed by atoms with Gasteiger partial charge < -0.3 is 15.8 Å². The maximum atomic E-state index is 5.54. The number of guanidine groups is 1. The van der Waals surface area contributed by atoms with Crippen LogP contribution in [0, 0.1) is 0 Å². The van der Waals surface area contributed by atoms with Gasteiger partial charge in [0, 0.05) is 0 Å². The predicted molar refractivity (Wildman–Crippen MR) is 60.1 cm³/mol. The molecule has 3 N–H and O–H groups in total. The number of aliphatic imine (C=N–C) groups is 1. The lowest BCUT2D eigenvalue weighted by molar-refractivity contribution is 0.414. The van der Waals surface area contributed by atoms with E-state index in [4.69, 9.17) is 10.5 Å². The molecule has 0 amide bonds. The molecule has 0 fully saturated rings. The second kappa shape index (κ2) is 4.21. The summed E-state index contributed by atoms with van der Waals surface area (Å²) in [4.78, 5) is 4.11. The molecule has 15 heavy (non-hydrogen) atoms. The average molecular weight is 205 g/mol. The Morgan fingerprint density at radius 1 is 1.47 bits per heavy atom. The summed E-state index contributed by atoms with van der Waals surface area (Å²) in [5.41, 5.74) is 6.81. The number of hydrogen-bond acceptors (Lipinski definition) is 4. The van der Waals surface area contributed by atoms with E-state index in [1.54, 1.807) is 7.11 Å². The highest BCUT2D eigenvalue weighted by molar-refractivity contribution is 5.79. The van der Waals surface area contributed by atoms with Crippen LogP contribution in [0.1, 0.15) is 5.56 Å². The first kappa shape index (κ1) is 9.83. The first-order valence-electron chi connectivity index (χ1n) is 4.97. The zero-order valence-electron chi connectivity index (χ0n) is 8.73. The van der Waals surface area contributed by atoms with Crippen LogP contribution in [-0.2, 0) is 6.42 Å². The summed E-state index contributed by atoms with van der Waals surface area (Å²) in [6.45, 7) is 0.762. The Hall–Kier alpha value is -1.71. The number of methoxy groups -OCH3 is 1. The van der Waals surface area contributed by atoms with Gasteiger partial charge in [-0.1, -0.05) is 12.1 Å². The zero-order valence-corrected chi connectivity index (χ0v) is 8.73. The molecule has 1 aliphatic heterocycles. The minimum Gasteiger partial charge on any atom is -0.497 e. The van der Waals surface area contributed by atoms with Crippen molar-refractivity contribution in [2.45, 2.75) is 12.5 Å². The van der Waals surface area contributed by atoms with Gasteiger partial charge in [0.1, 0.15) is 5.75 Å². The van der Waals surface area contributed by atoms with E-state index in [-0.39, 0.29) is 0 Å². The van der Waals surface area contributed by atoms with Crippen LogP contribution in [0.3, 0.4) is 0 Å². The van der Waals surface area contributed by atoms with Crippen molar-refractivity contribution >= 4 is 5.96 Å². The van der Waals surface area contributed by atoms with E-state index in [0.717, 1.165) is 18.7 Å². The fourth-order valence-electron chi connectivity index (χ4n) is 1.67. The second-order valence-corrected chi connectivity index (χ2v) is 3.62. The van der Waals surface area contributed by atoms with Crippen molar-refractivity contribution in [2.75, 3.05) is 13.7 Å². The Balaban J connectivity index is 1.94. The Bertz CT molecular complexity index is 359. The van der Waals surface area contributed by atoms with Gasteiger partial charge >= 0.3 is 0 Å². The second-order valence-electron chi connectivity index (χ2n) is 3.62. The Labute approximate surface area is 89.1 Å². The summed E-state index contributed by atoms with van der Waals surface area (Å²) in [6, 6.07) is 8.39. The number of hydrogen-bond donors (Lipinski definition) is 2. The van der Waals surface area contributed by atoms with Gasteiger partial charge in [0.15, 0.2) is 5.96 Å². The number of ether oxygens (including phenoxy) is 1. The first-order valence-corrected chi connectivity index (χ1v) is 4.97. The summed E-state index contributed by atoms with van der Waals surface area (Å²) in [5, 5.41) is 3.13. The van der Waals surface area contributed by atoms with E-state index < -0.39 is 0 Å². The largest absolute Gasteiger partial charge is 0.497 e. The van der Waals surface area contributed by atoms with Gasteiger partial charge in [-0.05, 0) is 24.1 Å². The maximum Gasteiger partial charge on any atom is 0.188 e. The number of rotatable bonds is 3. The van der Waals surface area contributed by atoms with E-state index in [9.17, 15) is 0 Å². The zero-order chi connectivity index (χ0) is 10.7. The highest BCUT2D eigenvalue weighted by Gasteiger charge is 2.15. The molecule has 0 unspecified atom stereocenters. The molecule has 0 bridgehead atoms. The SMILES string of the molecule is COc1ccc(C[C@H]2CN=C(N)N2)cc1. The first-order chi connectivity index (χ1) is 7.28. The van der Waals surface area contributed by atoms with Gasteiger partial charge in [0.2, 0.25) is 0 Å². The molecular weight excluding hydrogens is 190 g/mol. The lowest BCUT2D eigenvalue weighted by Gasteiger charge is -2.10. The van der Waals surface area contributed by atoms with Gasteiger partial charge in [-0.2, -0.15) is 0 Å². The smallest absolute Gasteiger partial charge is 0.188 e. The highest BCUT2D eigenvalue weighted by Crippen LogP contribution is 2.13. The van der Waals surface area contributed by atoms with Crippen LogP contribution >= 0.6 is 0 Å². The minimum atomic E-state index is 0.332. The molecule has 0 aromatic heterocycles. The third kappa shape index (κ3) is 2.40. The van der Waals surface area contributed by atoms with Crippen LogP contribution in [0.15, 0.2) is 29.3 Å². The number of nitrogens with one attached hydrogen (secondary N) is 1. The number of nitrogens with two attached hydrogens (primary N) is 1. The molecule has 1 aromatic rings. The van der Waals surface area contributed by atoms with E-state index in [1.165, 1.54) is 5.56 Å². The standard InChI is InChI=1S/C11H15N3O/c1-15-10-4-2-8(3-5-10)6-9-7-13-11(12)14-9/h2-5,9H,6-7H2,1H3,(H3,12,13,14)/t9-/m0/s1. The van der Waals surface area contributed by atoms with Crippen LogP contribution in [0.4, 0.5) is 0 Å². The molecule has 0 saturated carbocycles. The summed E-state index contributed by atoms with van der Waals surface area (Å²) >= 11 is 0. The van der Waals surface area contributed by atoms with E-state index in [0.29, 0.717) is 12.0 Å². The summed E-state index contributed by atoms with van der Waals surface area (Å²) in [7, 11) is 1.67. The van der Waals surface area contributed by atoms with Gasteiger partial charge in [-0.25, -0.2) is 0 Å². The van der Waals surface area contributed by atoms with Crippen molar-refractivity contribution in [3.63, 3.8) is 0 Å². The van der Waals surface area contributed by atoms with Crippen LogP contribution in [-0.4, -0.2) is 25.7 Å². The van der Waals surface area contributed by atoms with Crippen LogP contribution in [0.2, 0.25) is 0 Å². The Morgan fingerprint density at radius 2 is 2.20 bits per heavy atom. The molecule has 4 nitrogen and oxygen atoms in total. The van der Waals surface area contributed by atoms with Crippen LogP contribution in [0.25, 0.3) is 0 Å². The summed E-state index contributed by atoms with van der Waals surface area (Å²) in [5.74, 6) is 1.43. The number of benzene rings is 1. The normalized spacial score (nSPS) is 19.5. The van der Waals surface area contributed by atoms with Crippen LogP contribution < -0.4 is 15.8 Å². The summed E-state index contributed by atoms with van der Waals surface area (Å²) < 4.78 is 5.10. The van der Waals surface area contributed by atoms with Crippen LogP contribution in [0.5, 0.6) is 5.75 Å². The fraction of sp³-hybridized carbons (Fsp3) is 0.364. The molecule has 0 saturated heterocycles. The Kier molecular flexibility index (Phi) is 2.76. The quantitative estimate of drug-likeness (QED) is 0.756. The third-order valence-electron chi connectivity index (χ3n) is 2.48. The van der Waals surface area contributed by atoms with Gasteiger partial charge in [-0.3, -0.25) is 4.99 Å². The molecular formula is C11H15N3O. The molecule has 1 aliphatic rings. The van der Waals surface area contributed by atoms with Gasteiger partial charge in [0.05, 0.1) is 19.7 Å². The topological polar surface area (TPSA) is 59.6 Å². The molecule has 80 valence electrons. The number of nitrogens with zero attached hydrogens (tertiary/aromatic N) is 1. The van der Waals surface area contributed by atoms with Crippen molar-refractivity contribution < 1.29 is 4.74 Å². The molecule has 1 atom stereocenters. The molecule has 1 heterocycles. The molecule has 2 rings (SSSR count). The predicted octanol–water partition coefficient (Wildman–Crippen LogP) is 0.524. The summed E-state index contributed by atoms with van der Waals surface area (Å²) in [6.07, 6.45) is 0.939. The molecule has 0 spiro atoms. The van der Waals surface area contributed by atoms with E-state index in [2.05, 4.69) is 22.4 Å². The lowest BCUT2D eigenvalue weighted by atomic mass is 10.1. The van der Waals surface area contributed by atoms with E-state index >= 15 is 0 Å². The third-order valence-corrected chi connectivity index (χ3v) is 2.48. The average Bonchev–Trinajstić information content (AvgIpc) is 2.65. The van der Waals surface area contributed by atoms with Gasteiger partial charge in [0.25, 0.3) is 0 Å². The van der Waals surface area contributed by atoms with Crippen molar-refractivity contribution in [3.05, 3.63) is 29.8 Å².